The maximum atomic E-state index is 13.9. The molecule has 34 heavy (non-hydrogen) atoms. The van der Waals surface area contributed by atoms with E-state index in [1.165, 1.54) is 22.5 Å². The molecule has 3 aromatic carbocycles. The van der Waals surface area contributed by atoms with Crippen LogP contribution in [0.3, 0.4) is 0 Å². The Morgan fingerprint density at radius 1 is 0.971 bits per heavy atom. The first-order valence-electron chi connectivity index (χ1n) is 10.4. The molecule has 4 nitrogen and oxygen atoms in total. The van der Waals surface area contributed by atoms with Crippen LogP contribution in [0.15, 0.2) is 71.6 Å². The predicted octanol–water partition coefficient (Wildman–Crippen LogP) is 7.57. The summed E-state index contributed by atoms with van der Waals surface area (Å²) in [5.41, 5.74) is 1.29. The van der Waals surface area contributed by atoms with E-state index in [-0.39, 0.29) is 29.6 Å². The molecule has 180 valence electrons. The second-order valence-electron chi connectivity index (χ2n) is 8.16. The predicted molar refractivity (Wildman–Crippen MR) is 135 cm³/mol. The van der Waals surface area contributed by atoms with Crippen LogP contribution in [0, 0.1) is 0 Å². The molecule has 1 N–H and O–H groups in total. The van der Waals surface area contributed by atoms with Gasteiger partial charge in [-0.25, -0.2) is 8.78 Å². The van der Waals surface area contributed by atoms with Crippen LogP contribution in [0.2, 0.25) is 15.1 Å². The summed E-state index contributed by atoms with van der Waals surface area (Å²) in [5, 5.41) is 1.53. The van der Waals surface area contributed by atoms with E-state index in [4.69, 9.17) is 34.8 Å². The molecule has 4 rings (SSSR count). The van der Waals surface area contributed by atoms with Gasteiger partial charge in [-0.15, -0.1) is 0 Å². The molecule has 0 amide bonds. The van der Waals surface area contributed by atoms with E-state index in [9.17, 15) is 17.5 Å². The normalized spacial score (nSPS) is 19.1. The Balaban J connectivity index is 1.71. The molecule has 1 heterocycles. The molecule has 0 saturated carbocycles. The third-order valence-electron chi connectivity index (χ3n) is 5.81. The van der Waals surface area contributed by atoms with Gasteiger partial charge in [-0.2, -0.15) is 4.55 Å². The van der Waals surface area contributed by atoms with Crippen molar-refractivity contribution in [2.45, 2.75) is 23.8 Å². The van der Waals surface area contributed by atoms with E-state index in [0.717, 1.165) is 24.2 Å². The summed E-state index contributed by atoms with van der Waals surface area (Å²) in [6.45, 7) is 1.50. The molecule has 0 spiro atoms. The van der Waals surface area contributed by atoms with Gasteiger partial charge in [-0.3, -0.25) is 0 Å². The largest absolute Gasteiger partial charge is 0.360 e. The first kappa shape index (κ1) is 25.4. The van der Waals surface area contributed by atoms with E-state index in [1.54, 1.807) is 24.3 Å². The van der Waals surface area contributed by atoms with Crippen molar-refractivity contribution in [3.8, 4) is 0 Å². The van der Waals surface area contributed by atoms with E-state index < -0.39 is 16.3 Å². The minimum Gasteiger partial charge on any atom is -0.360 e. The third kappa shape index (κ3) is 5.25. The molecule has 1 fully saturated rings. The SMILES string of the molecule is CC(F)(F)c1cccc([S+](=O)(O)N2CCN(c3ccc(Cl)cc3Cl)C(c3ccc(Cl)cc3)C2)c1. The Hall–Kier alpha value is -1.74. The summed E-state index contributed by atoms with van der Waals surface area (Å²) >= 11 is 18.6. The van der Waals surface area contributed by atoms with Gasteiger partial charge in [0, 0.05) is 35.1 Å². The molecule has 2 atom stereocenters. The topological polar surface area (TPSA) is 43.8 Å². The van der Waals surface area contributed by atoms with Crippen molar-refractivity contribution in [1.82, 2.24) is 4.31 Å². The minimum atomic E-state index is -3.77. The molecule has 1 saturated heterocycles. The minimum absolute atomic E-state index is 0.0562. The molecular formula is C24H22Cl3F2N2O2S+. The van der Waals surface area contributed by atoms with E-state index in [2.05, 4.69) is 0 Å². The molecule has 1 aliphatic heterocycles. The number of alkyl halides is 2. The highest BCUT2D eigenvalue weighted by molar-refractivity contribution is 7.95. The highest BCUT2D eigenvalue weighted by atomic mass is 35.5. The van der Waals surface area contributed by atoms with Crippen LogP contribution in [-0.4, -0.2) is 28.5 Å². The molecule has 0 aromatic heterocycles. The molecule has 3 aromatic rings. The number of halogens is 5. The first-order chi connectivity index (χ1) is 16.0. The Kier molecular flexibility index (Phi) is 7.25. The highest BCUT2D eigenvalue weighted by Gasteiger charge is 2.45. The van der Waals surface area contributed by atoms with Gasteiger partial charge in [-0.05, 0) is 46.2 Å². The second kappa shape index (κ2) is 9.72. The molecule has 0 radical (unpaired) electrons. The number of hydrogen-bond donors (Lipinski definition) is 1. The molecule has 10 heteroatoms. The lowest BCUT2D eigenvalue weighted by Crippen LogP contribution is -2.52. The van der Waals surface area contributed by atoms with Crippen molar-refractivity contribution >= 4 is 50.9 Å². The van der Waals surface area contributed by atoms with E-state index in [1.807, 2.05) is 23.1 Å². The lowest BCUT2D eigenvalue weighted by molar-refractivity contribution is 0.0172. The van der Waals surface area contributed by atoms with Crippen LogP contribution in [-0.2, 0) is 20.5 Å². The fraction of sp³-hybridized carbons (Fsp3) is 0.250. The molecule has 2 unspecified atom stereocenters. The van der Waals surface area contributed by atoms with Crippen molar-refractivity contribution < 1.29 is 17.5 Å². The van der Waals surface area contributed by atoms with Gasteiger partial charge in [-0.1, -0.05) is 63.4 Å². The van der Waals surface area contributed by atoms with Gasteiger partial charge < -0.3 is 4.90 Å². The number of anilines is 1. The van der Waals surface area contributed by atoms with Gasteiger partial charge in [0.05, 0.1) is 29.8 Å². The Labute approximate surface area is 213 Å². The van der Waals surface area contributed by atoms with Crippen molar-refractivity contribution in [2.75, 3.05) is 24.5 Å². The summed E-state index contributed by atoms with van der Waals surface area (Å²) in [6, 6.07) is 17.2. The maximum Gasteiger partial charge on any atom is 0.325 e. The standard InChI is InChI=1S/C24H21Cl3F2N2O2S/c1-24(28,29)17-3-2-4-20(13-17)34(32,33)30-11-12-31(22-10-9-19(26)14-21(22)27)23(15-30)16-5-7-18(25)8-6-16/h2-10,13-14,23H,11-12,15H2,1H3/p+1. The van der Waals surface area contributed by atoms with Crippen LogP contribution >= 0.6 is 34.8 Å². The van der Waals surface area contributed by atoms with Crippen LogP contribution in [0.5, 0.6) is 0 Å². The summed E-state index contributed by atoms with van der Waals surface area (Å²) < 4.78 is 53.8. The first-order valence-corrected chi connectivity index (χ1v) is 13.0. The Bertz CT molecular complexity index is 1240. The lowest BCUT2D eigenvalue weighted by atomic mass is 10.0. The van der Waals surface area contributed by atoms with E-state index in [0.29, 0.717) is 21.6 Å². The summed E-state index contributed by atoms with van der Waals surface area (Å²) in [6.07, 6.45) is 0. The van der Waals surface area contributed by atoms with Gasteiger partial charge in [0.1, 0.15) is 0 Å². The summed E-state index contributed by atoms with van der Waals surface area (Å²) in [7, 11) is -3.77. The Morgan fingerprint density at radius 2 is 1.65 bits per heavy atom. The number of nitrogens with zero attached hydrogens (tertiary/aromatic N) is 2. The molecular weight excluding hydrogens is 525 g/mol. The van der Waals surface area contributed by atoms with Gasteiger partial charge >= 0.3 is 10.4 Å². The summed E-state index contributed by atoms with van der Waals surface area (Å²) in [5.74, 6) is -3.12. The van der Waals surface area contributed by atoms with Crippen molar-refractivity contribution in [3.63, 3.8) is 0 Å². The highest BCUT2D eigenvalue weighted by Crippen LogP contribution is 2.39. The summed E-state index contributed by atoms with van der Waals surface area (Å²) in [4.78, 5) is 1.99. The fourth-order valence-electron chi connectivity index (χ4n) is 4.04. The molecule has 0 bridgehead atoms. The Morgan fingerprint density at radius 3 is 2.29 bits per heavy atom. The maximum absolute atomic E-state index is 13.9. The monoisotopic (exact) mass is 545 g/mol. The zero-order valence-corrected chi connectivity index (χ0v) is 21.2. The average Bonchev–Trinajstić information content (AvgIpc) is 2.79. The third-order valence-corrected chi connectivity index (χ3v) is 8.50. The van der Waals surface area contributed by atoms with Crippen LogP contribution < -0.4 is 4.90 Å². The van der Waals surface area contributed by atoms with Crippen molar-refractivity contribution in [3.05, 3.63) is 92.9 Å². The average molecular weight is 547 g/mol. The van der Waals surface area contributed by atoms with Crippen LogP contribution in [0.4, 0.5) is 14.5 Å². The molecule has 0 aliphatic carbocycles. The quantitative estimate of drug-likeness (QED) is 0.336. The number of benzene rings is 3. The van der Waals surface area contributed by atoms with Crippen LogP contribution in [0.1, 0.15) is 24.1 Å². The second-order valence-corrected chi connectivity index (χ2v) is 11.4. The number of rotatable bonds is 5. The fourth-order valence-corrected chi connectivity index (χ4v) is 6.19. The van der Waals surface area contributed by atoms with Gasteiger partial charge in [0.15, 0.2) is 0 Å². The zero-order valence-electron chi connectivity index (χ0n) is 18.1. The van der Waals surface area contributed by atoms with Crippen LogP contribution in [0.25, 0.3) is 0 Å². The lowest BCUT2D eigenvalue weighted by Gasteiger charge is -2.41. The zero-order chi connectivity index (χ0) is 24.7. The number of piperazine rings is 1. The van der Waals surface area contributed by atoms with Gasteiger partial charge in [0.2, 0.25) is 4.90 Å². The van der Waals surface area contributed by atoms with Gasteiger partial charge in [0.25, 0.3) is 5.92 Å². The van der Waals surface area contributed by atoms with E-state index >= 15 is 0 Å². The smallest absolute Gasteiger partial charge is 0.325 e. The number of hydrogen-bond acceptors (Lipinski definition) is 2. The van der Waals surface area contributed by atoms with Crippen molar-refractivity contribution in [2.24, 2.45) is 0 Å². The molecule has 1 aliphatic rings. The van der Waals surface area contributed by atoms with Crippen molar-refractivity contribution in [1.29, 1.82) is 0 Å².